The van der Waals surface area contributed by atoms with Crippen LogP contribution < -0.4 is 10.1 Å². The second kappa shape index (κ2) is 14.9. The lowest BCUT2D eigenvalue weighted by Crippen LogP contribution is -2.10. The number of carbonyl (C=O) groups is 2. The summed E-state index contributed by atoms with van der Waals surface area (Å²) < 4.78 is 11.7. The van der Waals surface area contributed by atoms with E-state index in [1.807, 2.05) is 68.6 Å². The summed E-state index contributed by atoms with van der Waals surface area (Å²) in [5.41, 5.74) is 4.97. The van der Waals surface area contributed by atoms with Crippen LogP contribution in [0.3, 0.4) is 0 Å². The average molecular weight is 526 g/mol. The molecule has 0 aliphatic carbocycles. The normalized spacial score (nSPS) is 10.2. The number of hydrogen-bond acceptors (Lipinski definition) is 7. The van der Waals surface area contributed by atoms with Gasteiger partial charge in [-0.2, -0.15) is 5.26 Å². The van der Waals surface area contributed by atoms with Gasteiger partial charge in [0.05, 0.1) is 23.9 Å². The highest BCUT2D eigenvalue weighted by atomic mass is 16.5. The lowest BCUT2D eigenvalue weighted by atomic mass is 10.0. The van der Waals surface area contributed by atoms with Crippen LogP contribution in [0.1, 0.15) is 44.9 Å². The highest BCUT2D eigenvalue weighted by molar-refractivity contribution is 5.75. The average Bonchev–Trinajstić information content (AvgIpc) is 3.33. The van der Waals surface area contributed by atoms with Crippen LogP contribution in [-0.2, 0) is 24.2 Å². The molecule has 0 amide bonds. The van der Waals surface area contributed by atoms with E-state index in [0.29, 0.717) is 43.0 Å². The molecule has 0 saturated heterocycles. The molecule has 1 aromatic heterocycles. The maximum absolute atomic E-state index is 10.9. The molecule has 0 radical (unpaired) electrons. The first-order valence-corrected chi connectivity index (χ1v) is 12.5. The number of carboxylic acid groups (broad SMARTS) is 1. The first kappa shape index (κ1) is 28.8. The highest BCUT2D eigenvalue weighted by Crippen LogP contribution is 2.23. The van der Waals surface area contributed by atoms with Crippen LogP contribution in [0.2, 0.25) is 0 Å². The fraction of sp³-hybridized carbons (Fsp3) is 0.226. The van der Waals surface area contributed by atoms with Crippen molar-refractivity contribution in [2.75, 3.05) is 13.7 Å². The Balaban J connectivity index is 0.000000353. The minimum absolute atomic E-state index is 0.117. The van der Waals surface area contributed by atoms with E-state index in [-0.39, 0.29) is 6.42 Å². The van der Waals surface area contributed by atoms with Crippen LogP contribution in [0, 0.1) is 18.3 Å². The highest BCUT2D eigenvalue weighted by Gasteiger charge is 2.12. The number of oxazole rings is 1. The molecule has 0 saturated carbocycles. The Labute approximate surface area is 227 Å². The second-order valence-corrected chi connectivity index (χ2v) is 8.70. The number of aliphatic carboxylic acids is 1. The van der Waals surface area contributed by atoms with E-state index in [1.165, 1.54) is 0 Å². The molecule has 0 fully saturated rings. The maximum atomic E-state index is 10.9. The van der Waals surface area contributed by atoms with E-state index in [1.54, 1.807) is 24.3 Å². The van der Waals surface area contributed by atoms with Crippen molar-refractivity contribution in [2.24, 2.45) is 0 Å². The number of aldehydes is 1. The lowest BCUT2D eigenvalue weighted by Gasteiger charge is -2.12. The van der Waals surface area contributed by atoms with E-state index in [0.717, 1.165) is 40.2 Å². The largest absolute Gasteiger partial charge is 0.493 e. The van der Waals surface area contributed by atoms with E-state index < -0.39 is 5.97 Å². The number of rotatable bonds is 11. The molecular formula is C31H31N3O5. The molecule has 8 nitrogen and oxygen atoms in total. The predicted octanol–water partition coefficient (Wildman–Crippen LogP) is 5.38. The fourth-order valence-corrected chi connectivity index (χ4v) is 3.84. The molecule has 4 rings (SSSR count). The van der Waals surface area contributed by atoms with Gasteiger partial charge in [-0.15, -0.1) is 0 Å². The Morgan fingerprint density at radius 3 is 2.56 bits per heavy atom. The van der Waals surface area contributed by atoms with Crippen molar-refractivity contribution >= 4 is 12.3 Å². The van der Waals surface area contributed by atoms with Crippen LogP contribution in [-0.4, -0.2) is 36.0 Å². The quantitative estimate of drug-likeness (QED) is 0.250. The van der Waals surface area contributed by atoms with Gasteiger partial charge in [-0.25, -0.2) is 4.98 Å². The van der Waals surface area contributed by atoms with Gasteiger partial charge in [-0.3, -0.25) is 9.59 Å². The molecule has 4 aromatic rings. The topological polar surface area (TPSA) is 125 Å². The first-order valence-electron chi connectivity index (χ1n) is 12.5. The van der Waals surface area contributed by atoms with Gasteiger partial charge in [-0.1, -0.05) is 36.4 Å². The summed E-state index contributed by atoms with van der Waals surface area (Å²) in [5, 5.41) is 20.4. The standard InChI is InChI=1S/C23H26N2O4.C8H5NO/c1-16-21(25-23(29-16)18-6-4-3-5-7-18)12-13-28-20-10-8-17(9-11-22(26)27)19(14-20)15-24-2;9-5-7-2-1-3-8(4-7)6-10/h3-8,10,14,24H,9,11-13,15H2,1-2H3,(H,26,27);1-4,6H. The van der Waals surface area contributed by atoms with Crippen LogP contribution in [0.15, 0.2) is 77.2 Å². The zero-order chi connectivity index (χ0) is 28.0. The molecule has 0 spiro atoms. The number of carbonyl (C=O) groups excluding carboxylic acids is 1. The van der Waals surface area contributed by atoms with Crippen molar-refractivity contribution in [3.63, 3.8) is 0 Å². The van der Waals surface area contributed by atoms with Gasteiger partial charge in [-0.05, 0) is 67.9 Å². The van der Waals surface area contributed by atoms with Gasteiger partial charge in [0.2, 0.25) is 5.89 Å². The third-order valence-corrected chi connectivity index (χ3v) is 5.83. The van der Waals surface area contributed by atoms with Crippen molar-refractivity contribution in [1.82, 2.24) is 10.3 Å². The minimum Gasteiger partial charge on any atom is -0.493 e. The lowest BCUT2D eigenvalue weighted by molar-refractivity contribution is -0.136. The Morgan fingerprint density at radius 1 is 1.08 bits per heavy atom. The summed E-state index contributed by atoms with van der Waals surface area (Å²) >= 11 is 0. The number of aryl methyl sites for hydroxylation is 2. The fourth-order valence-electron chi connectivity index (χ4n) is 3.84. The van der Waals surface area contributed by atoms with E-state index >= 15 is 0 Å². The Bertz CT molecular complexity index is 1420. The molecule has 2 N–H and O–H groups in total. The smallest absolute Gasteiger partial charge is 0.303 e. The van der Waals surface area contributed by atoms with Crippen molar-refractivity contribution in [1.29, 1.82) is 5.26 Å². The summed E-state index contributed by atoms with van der Waals surface area (Å²) in [4.78, 5) is 25.6. The number of ether oxygens (including phenoxy) is 1. The Kier molecular flexibility index (Phi) is 11.0. The predicted molar refractivity (Wildman–Crippen MR) is 148 cm³/mol. The second-order valence-electron chi connectivity index (χ2n) is 8.70. The van der Waals surface area contributed by atoms with Crippen LogP contribution >= 0.6 is 0 Å². The molecule has 0 aliphatic heterocycles. The number of benzene rings is 3. The monoisotopic (exact) mass is 525 g/mol. The van der Waals surface area contributed by atoms with Gasteiger partial charge in [0.1, 0.15) is 17.8 Å². The van der Waals surface area contributed by atoms with E-state index in [4.69, 9.17) is 19.5 Å². The Morgan fingerprint density at radius 2 is 1.87 bits per heavy atom. The van der Waals surface area contributed by atoms with E-state index in [2.05, 4.69) is 10.3 Å². The molecule has 200 valence electrons. The number of carboxylic acids is 1. The zero-order valence-corrected chi connectivity index (χ0v) is 22.0. The third-order valence-electron chi connectivity index (χ3n) is 5.83. The molecule has 1 heterocycles. The van der Waals surface area contributed by atoms with Crippen molar-refractivity contribution in [2.45, 2.75) is 32.7 Å². The molecule has 0 atom stereocenters. The molecular weight excluding hydrogens is 494 g/mol. The van der Waals surface area contributed by atoms with E-state index in [9.17, 15) is 9.59 Å². The summed E-state index contributed by atoms with van der Waals surface area (Å²) in [7, 11) is 1.87. The molecule has 0 bridgehead atoms. The molecule has 39 heavy (non-hydrogen) atoms. The number of nitriles is 1. The number of nitrogens with zero attached hydrogens (tertiary/aromatic N) is 2. The number of aromatic nitrogens is 1. The van der Waals surface area contributed by atoms with Crippen LogP contribution in [0.4, 0.5) is 0 Å². The zero-order valence-electron chi connectivity index (χ0n) is 22.0. The molecule has 3 aromatic carbocycles. The van der Waals surface area contributed by atoms with Crippen molar-refractivity contribution in [3.8, 4) is 23.3 Å². The Hall–Kier alpha value is -4.74. The van der Waals surface area contributed by atoms with Gasteiger partial charge >= 0.3 is 5.97 Å². The first-order chi connectivity index (χ1) is 18.9. The SMILES string of the molecule is CNCc1cc(OCCc2nc(-c3ccccc3)oc2C)ccc1CCC(=O)O.N#Cc1cccc(C=O)c1. The van der Waals surface area contributed by atoms with Gasteiger partial charge in [0.25, 0.3) is 0 Å². The summed E-state index contributed by atoms with van der Waals surface area (Å²) in [6.07, 6.45) is 1.99. The van der Waals surface area contributed by atoms with Crippen LogP contribution in [0.5, 0.6) is 5.75 Å². The molecule has 0 unspecified atom stereocenters. The van der Waals surface area contributed by atoms with Crippen LogP contribution in [0.25, 0.3) is 11.5 Å². The summed E-state index contributed by atoms with van der Waals surface area (Å²) in [5.74, 6) is 1.39. The van der Waals surface area contributed by atoms with Crippen molar-refractivity contribution < 1.29 is 23.8 Å². The third kappa shape index (κ3) is 8.95. The minimum atomic E-state index is -0.793. The van der Waals surface area contributed by atoms with Gasteiger partial charge in [0, 0.05) is 30.5 Å². The number of nitrogens with one attached hydrogen (secondary N) is 1. The molecule has 0 aliphatic rings. The van der Waals surface area contributed by atoms with Crippen molar-refractivity contribution in [3.05, 3.63) is 107 Å². The maximum Gasteiger partial charge on any atom is 0.303 e. The van der Waals surface area contributed by atoms with Gasteiger partial charge < -0.3 is 19.6 Å². The number of hydrogen-bond donors (Lipinski definition) is 2. The summed E-state index contributed by atoms with van der Waals surface area (Å²) in [6, 6.07) is 24.1. The summed E-state index contributed by atoms with van der Waals surface area (Å²) in [6.45, 7) is 3.06. The molecule has 8 heteroatoms. The van der Waals surface area contributed by atoms with Gasteiger partial charge in [0.15, 0.2) is 0 Å².